The molecular weight excluding hydrogens is 629 g/mol. The van der Waals surface area contributed by atoms with Crippen LogP contribution in [0.4, 0.5) is 0 Å². The third-order valence-electron chi connectivity index (χ3n) is 10.1. The van der Waals surface area contributed by atoms with Crippen LogP contribution in [0.15, 0.2) is 46.7 Å². The van der Waals surface area contributed by atoms with E-state index >= 15 is 0 Å². The van der Waals surface area contributed by atoms with Gasteiger partial charge in [-0.3, -0.25) is 9.59 Å². The number of aliphatic carboxylic acids is 1. The van der Waals surface area contributed by atoms with Crippen molar-refractivity contribution in [1.29, 1.82) is 0 Å². The maximum Gasteiger partial charge on any atom is 0.334 e. The maximum atomic E-state index is 13.4. The van der Waals surface area contributed by atoms with E-state index in [4.69, 9.17) is 9.47 Å². The second-order valence-electron chi connectivity index (χ2n) is 13.0. The summed E-state index contributed by atoms with van der Waals surface area (Å²) in [6.45, 7) is 20.8. The molecule has 0 heterocycles. The fraction of sp³-hybridized carbons (Fsp3) is 0.667. The topological polar surface area (TPSA) is 89.9 Å². The molecule has 0 radical (unpaired) electrons. The molecule has 266 valence electrons. The summed E-state index contributed by atoms with van der Waals surface area (Å²) in [6, 6.07) is 9.63. The van der Waals surface area contributed by atoms with E-state index in [0.717, 1.165) is 66.9 Å². The number of carbonyl (C=O) groups excluding carboxylic acids is 2. The molecule has 0 aliphatic rings. The summed E-state index contributed by atoms with van der Waals surface area (Å²) in [5.74, 6) is -0.593. The molecule has 0 bridgehead atoms. The molecule has 47 heavy (non-hydrogen) atoms. The first-order valence-corrected chi connectivity index (χ1v) is 19.4. The summed E-state index contributed by atoms with van der Waals surface area (Å²) in [4.78, 5) is 38.5. The van der Waals surface area contributed by atoms with Gasteiger partial charge in [-0.15, -0.1) is 23.5 Å². The monoisotopic (exact) mass is 690 g/mol. The first-order valence-electron chi connectivity index (χ1n) is 17.6. The highest BCUT2D eigenvalue weighted by Gasteiger charge is 2.48. The molecule has 6 nitrogen and oxygen atoms in total. The van der Waals surface area contributed by atoms with Gasteiger partial charge in [-0.2, -0.15) is 0 Å². The lowest BCUT2D eigenvalue weighted by molar-refractivity contribution is -0.157. The van der Waals surface area contributed by atoms with Crippen LogP contribution in [0, 0.1) is 16.7 Å². The molecule has 0 saturated heterocycles. The quantitative estimate of drug-likeness (QED) is 0.0616. The Morgan fingerprint density at radius 2 is 1.38 bits per heavy atom. The Labute approximate surface area is 294 Å². The van der Waals surface area contributed by atoms with Crippen LogP contribution in [0.2, 0.25) is 0 Å². The summed E-state index contributed by atoms with van der Waals surface area (Å²) >= 11 is 3.46. The molecule has 1 unspecified atom stereocenters. The second kappa shape index (κ2) is 21.7. The summed E-state index contributed by atoms with van der Waals surface area (Å²) in [6.07, 6.45) is 10.8. The van der Waals surface area contributed by atoms with E-state index in [0.29, 0.717) is 38.0 Å². The minimum Gasteiger partial charge on any atom is -0.481 e. The van der Waals surface area contributed by atoms with Gasteiger partial charge in [0.2, 0.25) is 0 Å². The number of esters is 2. The highest BCUT2D eigenvalue weighted by Crippen LogP contribution is 2.50. The zero-order valence-electron chi connectivity index (χ0n) is 30.5. The molecular formula is C39H62O6S2. The van der Waals surface area contributed by atoms with Gasteiger partial charge in [0.15, 0.2) is 0 Å². The molecule has 0 aliphatic heterocycles. The number of thioether (sulfide) groups is 2. The van der Waals surface area contributed by atoms with Gasteiger partial charge in [0, 0.05) is 14.6 Å². The van der Waals surface area contributed by atoms with Crippen molar-refractivity contribution in [2.45, 2.75) is 131 Å². The lowest BCUT2D eigenvalue weighted by Crippen LogP contribution is -2.44. The summed E-state index contributed by atoms with van der Waals surface area (Å²) in [5.41, 5.74) is -0.209. The van der Waals surface area contributed by atoms with Crippen LogP contribution < -0.4 is 0 Å². The second-order valence-corrected chi connectivity index (χ2v) is 16.1. The number of unbranched alkanes of at least 4 members (excludes halogenated alkanes) is 5. The summed E-state index contributed by atoms with van der Waals surface area (Å²) in [7, 11) is 0. The lowest BCUT2D eigenvalue weighted by atomic mass is 9.59. The van der Waals surface area contributed by atoms with Gasteiger partial charge in [0.1, 0.15) is 0 Å². The fourth-order valence-corrected chi connectivity index (χ4v) is 8.75. The minimum absolute atomic E-state index is 0.125. The Balaban J connectivity index is 2.58. The number of carboxylic acid groups (broad SMARTS) is 1. The maximum absolute atomic E-state index is 13.4. The predicted octanol–water partition coefficient (Wildman–Crippen LogP) is 11.0. The number of ether oxygens (including phenoxy) is 2. The largest absolute Gasteiger partial charge is 0.481 e. The van der Waals surface area contributed by atoms with Crippen LogP contribution in [0.3, 0.4) is 0 Å². The SMILES string of the molecule is C=C(SCC)SC(CC)(CC)C(C)C(=O)OCCCCCCCCOC(=O)/C(=C/c1ccccc1)CC(CC)(CC)C(C)(C)C(=O)O. The van der Waals surface area contributed by atoms with E-state index in [2.05, 4.69) is 27.4 Å². The average molecular weight is 691 g/mol. The van der Waals surface area contributed by atoms with Crippen LogP contribution >= 0.6 is 23.5 Å². The van der Waals surface area contributed by atoms with Crippen molar-refractivity contribution in [3.8, 4) is 0 Å². The van der Waals surface area contributed by atoms with Crippen LogP contribution in [0.1, 0.15) is 132 Å². The first-order chi connectivity index (χ1) is 22.3. The number of carbonyl (C=O) groups is 3. The average Bonchev–Trinajstić information content (AvgIpc) is 3.06. The van der Waals surface area contributed by atoms with Crippen molar-refractivity contribution in [2.75, 3.05) is 19.0 Å². The minimum atomic E-state index is -1.01. The van der Waals surface area contributed by atoms with Gasteiger partial charge in [0.25, 0.3) is 0 Å². The zero-order chi connectivity index (χ0) is 35.5. The molecule has 0 aromatic heterocycles. The van der Waals surface area contributed by atoms with Crippen molar-refractivity contribution in [3.05, 3.63) is 52.3 Å². The number of benzene rings is 1. The molecule has 0 spiro atoms. The number of hydrogen-bond acceptors (Lipinski definition) is 7. The van der Waals surface area contributed by atoms with Gasteiger partial charge < -0.3 is 14.6 Å². The Morgan fingerprint density at radius 3 is 1.87 bits per heavy atom. The Kier molecular flexibility index (Phi) is 19.8. The molecule has 8 heteroatoms. The van der Waals surface area contributed by atoms with Gasteiger partial charge in [-0.05, 0) is 81.6 Å². The Morgan fingerprint density at radius 1 is 0.851 bits per heavy atom. The smallest absolute Gasteiger partial charge is 0.334 e. The van der Waals surface area contributed by atoms with Crippen molar-refractivity contribution >= 4 is 47.5 Å². The zero-order valence-corrected chi connectivity index (χ0v) is 32.1. The van der Waals surface area contributed by atoms with Gasteiger partial charge in [0.05, 0.1) is 24.5 Å². The van der Waals surface area contributed by atoms with Crippen LogP contribution in [-0.2, 0) is 23.9 Å². The summed E-state index contributed by atoms with van der Waals surface area (Å²) in [5, 5.41) is 10.0. The Bertz CT molecular complexity index is 1140. The molecule has 0 fully saturated rings. The molecule has 0 saturated carbocycles. The number of rotatable bonds is 25. The van der Waals surface area contributed by atoms with E-state index in [1.807, 2.05) is 57.2 Å². The van der Waals surface area contributed by atoms with Crippen molar-refractivity contribution in [3.63, 3.8) is 0 Å². The van der Waals surface area contributed by atoms with Crippen LogP contribution in [0.5, 0.6) is 0 Å². The van der Waals surface area contributed by atoms with Crippen molar-refractivity contribution in [2.24, 2.45) is 16.7 Å². The molecule has 1 aromatic rings. The molecule has 1 rings (SSSR count). The predicted molar refractivity (Wildman–Crippen MR) is 200 cm³/mol. The standard InChI is InChI=1S/C39H62O6S2/c1-10-38(11-2,37(8,9)36(42)43)29-33(28-32-24-20-19-21-25-32)35(41)45-27-23-18-16-15-17-22-26-44-34(40)30(6)39(12-3,13-4)47-31(7)46-14-5/h19-21,24-25,28,30H,7,10-18,22-23,26-27,29H2,1-6,8-9H3,(H,42,43)/b33-28+. The number of carboxylic acids is 1. The van der Waals surface area contributed by atoms with E-state index in [9.17, 15) is 19.5 Å². The lowest BCUT2D eigenvalue weighted by Gasteiger charge is -2.43. The molecule has 0 aliphatic carbocycles. The van der Waals surface area contributed by atoms with Crippen LogP contribution in [-0.4, -0.2) is 46.7 Å². The van der Waals surface area contributed by atoms with Crippen molar-refractivity contribution < 1.29 is 29.0 Å². The van der Waals surface area contributed by atoms with Gasteiger partial charge >= 0.3 is 17.9 Å². The fourth-order valence-electron chi connectivity index (χ4n) is 6.32. The van der Waals surface area contributed by atoms with Crippen LogP contribution in [0.25, 0.3) is 6.08 Å². The van der Waals surface area contributed by atoms with Crippen molar-refractivity contribution in [1.82, 2.24) is 0 Å². The molecule has 0 amide bonds. The molecule has 1 N–H and O–H groups in total. The highest BCUT2D eigenvalue weighted by atomic mass is 32.2. The summed E-state index contributed by atoms with van der Waals surface area (Å²) < 4.78 is 12.3. The molecule has 1 atom stereocenters. The third kappa shape index (κ3) is 13.0. The number of hydrogen-bond donors (Lipinski definition) is 1. The van der Waals surface area contributed by atoms with E-state index in [1.54, 1.807) is 37.4 Å². The normalized spacial score (nSPS) is 13.2. The Hall–Kier alpha value is -2.19. The highest BCUT2D eigenvalue weighted by molar-refractivity contribution is 8.22. The molecule has 1 aromatic carbocycles. The van der Waals surface area contributed by atoms with E-state index in [-0.39, 0.29) is 22.6 Å². The van der Waals surface area contributed by atoms with E-state index in [1.165, 1.54) is 0 Å². The van der Waals surface area contributed by atoms with Gasteiger partial charge in [-0.1, -0.05) is 104 Å². The third-order valence-corrected chi connectivity index (χ3v) is 12.9. The first kappa shape index (κ1) is 42.8. The van der Waals surface area contributed by atoms with Gasteiger partial charge in [-0.25, -0.2) is 4.79 Å². The van der Waals surface area contributed by atoms with E-state index < -0.39 is 16.8 Å².